The molecule has 0 aliphatic carbocycles. The van der Waals surface area contributed by atoms with E-state index in [9.17, 15) is 0 Å². The highest BCUT2D eigenvalue weighted by atomic mass is 127. The quantitative estimate of drug-likeness (QED) is 0.342. The first-order valence-electron chi connectivity index (χ1n) is 6.95. The number of fused-ring (bicyclic) bond motifs is 4. The van der Waals surface area contributed by atoms with Crippen LogP contribution in [0.25, 0.3) is 32.6 Å². The maximum Gasteiger partial charge on any atom is 0.176 e. The summed E-state index contributed by atoms with van der Waals surface area (Å²) in [6.07, 6.45) is 4.33. The summed E-state index contributed by atoms with van der Waals surface area (Å²) in [5.74, 6) is 0. The molecule has 4 rings (SSSR count). The number of nitrogens with zero attached hydrogens (tertiary/aromatic N) is 1. The van der Waals surface area contributed by atoms with Crippen LogP contribution in [0.1, 0.15) is 11.1 Å². The van der Waals surface area contributed by atoms with Gasteiger partial charge in [0.2, 0.25) is 0 Å². The first-order valence-corrected chi connectivity index (χ1v) is 6.95. The SMILES string of the molecule is Cc1c2c[n+](C)ccc2c(C)c2c1[nH]c1ccccc12.[I-]. The molecule has 0 bridgehead atoms. The van der Waals surface area contributed by atoms with Gasteiger partial charge in [0.25, 0.3) is 0 Å². The fourth-order valence-corrected chi connectivity index (χ4v) is 3.31. The van der Waals surface area contributed by atoms with E-state index in [1.54, 1.807) is 0 Å². The fourth-order valence-electron chi connectivity index (χ4n) is 3.31. The van der Waals surface area contributed by atoms with Crippen LogP contribution in [-0.4, -0.2) is 4.98 Å². The Hall–Kier alpha value is -1.62. The van der Waals surface area contributed by atoms with Crippen LogP contribution in [-0.2, 0) is 7.05 Å². The summed E-state index contributed by atoms with van der Waals surface area (Å²) in [6.45, 7) is 4.43. The molecule has 4 aromatic rings. The Balaban J connectivity index is 0.00000132. The molecule has 0 saturated heterocycles. The van der Waals surface area contributed by atoms with Crippen LogP contribution in [0.2, 0.25) is 0 Å². The lowest BCUT2D eigenvalue weighted by molar-refractivity contribution is -0.670. The van der Waals surface area contributed by atoms with Gasteiger partial charge in [-0.25, -0.2) is 4.57 Å². The molecular formula is C18H17IN2. The van der Waals surface area contributed by atoms with E-state index in [4.69, 9.17) is 0 Å². The van der Waals surface area contributed by atoms with Crippen LogP contribution < -0.4 is 28.5 Å². The van der Waals surface area contributed by atoms with E-state index in [-0.39, 0.29) is 24.0 Å². The third-order valence-corrected chi connectivity index (χ3v) is 4.36. The Labute approximate surface area is 140 Å². The molecule has 1 N–H and O–H groups in total. The highest BCUT2D eigenvalue weighted by Gasteiger charge is 2.15. The topological polar surface area (TPSA) is 19.7 Å². The second-order valence-electron chi connectivity index (χ2n) is 5.61. The van der Waals surface area contributed by atoms with Gasteiger partial charge in [0.1, 0.15) is 7.05 Å². The number of hydrogen-bond donors (Lipinski definition) is 1. The van der Waals surface area contributed by atoms with Crippen molar-refractivity contribution in [2.24, 2.45) is 7.05 Å². The second-order valence-corrected chi connectivity index (χ2v) is 5.61. The molecule has 2 aromatic carbocycles. The molecule has 2 aromatic heterocycles. The molecule has 0 radical (unpaired) electrons. The number of H-pyrrole nitrogens is 1. The van der Waals surface area contributed by atoms with Crippen molar-refractivity contribution in [1.29, 1.82) is 0 Å². The summed E-state index contributed by atoms with van der Waals surface area (Å²) in [7, 11) is 2.07. The lowest BCUT2D eigenvalue weighted by atomic mass is 9.97. The van der Waals surface area contributed by atoms with Crippen molar-refractivity contribution < 1.29 is 28.5 Å². The van der Waals surface area contributed by atoms with Crippen molar-refractivity contribution in [3.05, 3.63) is 53.9 Å². The molecule has 3 heteroatoms. The minimum Gasteiger partial charge on any atom is -1.00 e. The van der Waals surface area contributed by atoms with Crippen LogP contribution in [0, 0.1) is 13.8 Å². The highest BCUT2D eigenvalue weighted by molar-refractivity contribution is 6.16. The second kappa shape index (κ2) is 4.98. The molecule has 106 valence electrons. The van der Waals surface area contributed by atoms with E-state index >= 15 is 0 Å². The van der Waals surface area contributed by atoms with E-state index in [0.717, 1.165) is 0 Å². The zero-order valence-corrected chi connectivity index (χ0v) is 14.5. The number of pyridine rings is 1. The molecule has 2 nitrogen and oxygen atoms in total. The van der Waals surface area contributed by atoms with E-state index in [1.165, 1.54) is 43.7 Å². The third kappa shape index (κ3) is 1.94. The van der Waals surface area contributed by atoms with Gasteiger partial charge in [-0.1, -0.05) is 18.2 Å². The predicted octanol–water partition coefficient (Wildman–Crippen LogP) is 0.920. The van der Waals surface area contributed by atoms with Crippen molar-refractivity contribution in [2.75, 3.05) is 0 Å². The summed E-state index contributed by atoms with van der Waals surface area (Å²) in [6, 6.07) is 10.8. The smallest absolute Gasteiger partial charge is 0.176 e. The Kier molecular flexibility index (Phi) is 3.40. The summed E-state index contributed by atoms with van der Waals surface area (Å²) >= 11 is 0. The number of para-hydroxylation sites is 1. The summed E-state index contributed by atoms with van der Waals surface area (Å²) in [5.41, 5.74) is 5.17. The molecule has 0 saturated carbocycles. The monoisotopic (exact) mass is 388 g/mol. The van der Waals surface area contributed by atoms with Gasteiger partial charge < -0.3 is 29.0 Å². The van der Waals surface area contributed by atoms with Gasteiger partial charge in [0.05, 0.1) is 10.9 Å². The Morgan fingerprint density at radius 2 is 1.67 bits per heavy atom. The van der Waals surface area contributed by atoms with Crippen molar-refractivity contribution in [1.82, 2.24) is 4.98 Å². The minimum atomic E-state index is 0. The molecule has 2 heterocycles. The van der Waals surface area contributed by atoms with Gasteiger partial charge in [-0.3, -0.25) is 0 Å². The average molecular weight is 388 g/mol. The Morgan fingerprint density at radius 3 is 2.48 bits per heavy atom. The molecular weight excluding hydrogens is 371 g/mol. The summed E-state index contributed by atoms with van der Waals surface area (Å²) < 4.78 is 2.11. The summed E-state index contributed by atoms with van der Waals surface area (Å²) in [5, 5.41) is 5.35. The number of aromatic nitrogens is 2. The van der Waals surface area contributed by atoms with E-state index < -0.39 is 0 Å². The normalized spacial score (nSPS) is 11.2. The molecule has 0 amide bonds. The largest absolute Gasteiger partial charge is 1.00 e. The number of aryl methyl sites for hydroxylation is 3. The molecule has 0 spiro atoms. The first-order chi connectivity index (χ1) is 9.66. The minimum absolute atomic E-state index is 0. The number of hydrogen-bond acceptors (Lipinski definition) is 0. The van der Waals surface area contributed by atoms with Crippen molar-refractivity contribution in [3.63, 3.8) is 0 Å². The molecule has 21 heavy (non-hydrogen) atoms. The maximum absolute atomic E-state index is 3.59. The maximum atomic E-state index is 3.59. The van der Waals surface area contributed by atoms with Gasteiger partial charge in [0.15, 0.2) is 12.4 Å². The van der Waals surface area contributed by atoms with Crippen LogP contribution >= 0.6 is 0 Å². The Bertz CT molecular complexity index is 983. The van der Waals surface area contributed by atoms with Gasteiger partial charge >= 0.3 is 0 Å². The van der Waals surface area contributed by atoms with E-state index in [1.807, 2.05) is 0 Å². The van der Waals surface area contributed by atoms with Crippen LogP contribution in [0.4, 0.5) is 0 Å². The highest BCUT2D eigenvalue weighted by Crippen LogP contribution is 2.35. The van der Waals surface area contributed by atoms with Crippen LogP contribution in [0.3, 0.4) is 0 Å². The van der Waals surface area contributed by atoms with E-state index in [0.29, 0.717) is 0 Å². The standard InChI is InChI=1S/C18H16N2.HI/c1-11-13-8-9-20(3)10-15(13)12(2)18-17(11)14-6-4-5-7-16(14)19-18;/h4-10H,1-3H3;1H. The first kappa shape index (κ1) is 14.3. The van der Waals surface area contributed by atoms with Gasteiger partial charge in [0, 0.05) is 22.4 Å². The van der Waals surface area contributed by atoms with Crippen molar-refractivity contribution >= 4 is 32.6 Å². The van der Waals surface area contributed by atoms with Gasteiger partial charge in [-0.15, -0.1) is 0 Å². The molecule has 0 aliphatic heterocycles. The molecule has 0 unspecified atom stereocenters. The average Bonchev–Trinajstić information content (AvgIpc) is 2.84. The van der Waals surface area contributed by atoms with Crippen LogP contribution in [0.5, 0.6) is 0 Å². The number of benzene rings is 2. The lowest BCUT2D eigenvalue weighted by Crippen LogP contribution is -3.00. The molecule has 0 fully saturated rings. The number of rotatable bonds is 0. The zero-order chi connectivity index (χ0) is 13.9. The van der Waals surface area contributed by atoms with Gasteiger partial charge in [-0.05, 0) is 36.4 Å². The van der Waals surface area contributed by atoms with Crippen molar-refractivity contribution in [3.8, 4) is 0 Å². The van der Waals surface area contributed by atoms with Crippen LogP contribution in [0.15, 0.2) is 42.7 Å². The molecule has 0 aliphatic rings. The third-order valence-electron chi connectivity index (χ3n) is 4.36. The fraction of sp³-hybridized carbons (Fsp3) is 0.167. The number of halogens is 1. The number of aromatic amines is 1. The van der Waals surface area contributed by atoms with E-state index in [2.05, 4.69) is 73.2 Å². The number of nitrogens with one attached hydrogen (secondary N) is 1. The Morgan fingerprint density at radius 1 is 0.905 bits per heavy atom. The predicted molar refractivity (Wildman–Crippen MR) is 84.0 cm³/mol. The summed E-state index contributed by atoms with van der Waals surface area (Å²) in [4.78, 5) is 3.59. The lowest BCUT2D eigenvalue weighted by Gasteiger charge is -2.07. The molecule has 0 atom stereocenters. The van der Waals surface area contributed by atoms with Gasteiger partial charge in [-0.2, -0.15) is 0 Å². The van der Waals surface area contributed by atoms with Crippen molar-refractivity contribution in [2.45, 2.75) is 13.8 Å². The zero-order valence-electron chi connectivity index (χ0n) is 12.4.